The van der Waals surface area contributed by atoms with Crippen LogP contribution in [0.3, 0.4) is 0 Å². The van der Waals surface area contributed by atoms with Crippen molar-refractivity contribution >= 4 is 28.5 Å². The number of para-hydroxylation sites is 1. The van der Waals surface area contributed by atoms with Gasteiger partial charge in [0.2, 0.25) is 5.76 Å². The van der Waals surface area contributed by atoms with Gasteiger partial charge in [-0.2, -0.15) is 0 Å². The van der Waals surface area contributed by atoms with Crippen molar-refractivity contribution in [3.05, 3.63) is 80.7 Å². The molecule has 150 valence electrons. The first kappa shape index (κ1) is 19.7. The van der Waals surface area contributed by atoms with Gasteiger partial charge in [0.05, 0.1) is 23.1 Å². The summed E-state index contributed by atoms with van der Waals surface area (Å²) in [6, 6.07) is 13.7. The van der Waals surface area contributed by atoms with E-state index in [0.717, 1.165) is 5.56 Å². The Balaban J connectivity index is 1.79. The first-order valence-corrected chi connectivity index (χ1v) is 10.1. The third-order valence-corrected chi connectivity index (χ3v) is 5.31. The van der Waals surface area contributed by atoms with E-state index in [4.69, 9.17) is 20.8 Å². The van der Waals surface area contributed by atoms with Crippen LogP contribution in [0, 0.1) is 0 Å². The minimum absolute atomic E-state index is 0.124. The number of nitrogens with zero attached hydrogens (tertiary/aromatic N) is 1. The van der Waals surface area contributed by atoms with Crippen LogP contribution in [0.15, 0.2) is 57.7 Å². The molecule has 2 heterocycles. The summed E-state index contributed by atoms with van der Waals surface area (Å²) in [7, 11) is 0. The maximum Gasteiger partial charge on any atom is 0.290 e. The molecule has 0 fully saturated rings. The number of rotatable bonds is 6. The zero-order valence-corrected chi connectivity index (χ0v) is 17.1. The predicted octanol–water partition coefficient (Wildman–Crippen LogP) is 4.81. The molecule has 0 saturated heterocycles. The molecule has 1 amide bonds. The number of benzene rings is 2. The Morgan fingerprint density at radius 1 is 1.10 bits per heavy atom. The van der Waals surface area contributed by atoms with Gasteiger partial charge in [0.25, 0.3) is 5.91 Å². The van der Waals surface area contributed by atoms with Crippen LogP contribution < -0.4 is 5.43 Å². The number of ether oxygens (including phenoxy) is 1. The maximum atomic E-state index is 13.3. The van der Waals surface area contributed by atoms with Gasteiger partial charge in [-0.3, -0.25) is 9.59 Å². The first-order chi connectivity index (χ1) is 14.0. The molecule has 6 heteroatoms. The average Bonchev–Trinajstić information content (AvgIpc) is 2.98. The molecule has 2 aromatic carbocycles. The molecule has 0 radical (unpaired) electrons. The molecule has 0 spiro atoms. The summed E-state index contributed by atoms with van der Waals surface area (Å²) in [5.41, 5.74) is 1.47. The second-order valence-corrected chi connectivity index (χ2v) is 7.83. The summed E-state index contributed by atoms with van der Waals surface area (Å²) in [5.74, 6) is -0.147. The van der Waals surface area contributed by atoms with E-state index < -0.39 is 6.04 Å². The second kappa shape index (κ2) is 8.01. The molecule has 4 rings (SSSR count). The van der Waals surface area contributed by atoms with Gasteiger partial charge in [-0.05, 0) is 50.1 Å². The van der Waals surface area contributed by atoms with E-state index >= 15 is 0 Å². The highest BCUT2D eigenvalue weighted by Crippen LogP contribution is 2.38. The van der Waals surface area contributed by atoms with Crippen molar-refractivity contribution in [2.75, 3.05) is 13.2 Å². The van der Waals surface area contributed by atoms with Gasteiger partial charge in [0.1, 0.15) is 5.58 Å². The zero-order chi connectivity index (χ0) is 20.5. The van der Waals surface area contributed by atoms with E-state index in [-0.39, 0.29) is 23.2 Å². The van der Waals surface area contributed by atoms with Crippen LogP contribution in [0.1, 0.15) is 48.0 Å². The molecule has 1 atom stereocenters. The van der Waals surface area contributed by atoms with E-state index in [9.17, 15) is 9.59 Å². The molecule has 1 aromatic heterocycles. The van der Waals surface area contributed by atoms with Crippen LogP contribution in [0.25, 0.3) is 11.0 Å². The average molecular weight is 412 g/mol. The van der Waals surface area contributed by atoms with E-state index in [1.807, 2.05) is 26.0 Å². The van der Waals surface area contributed by atoms with Crippen LogP contribution >= 0.6 is 11.6 Å². The SMILES string of the molecule is CC(C)OCCCN1C(=O)c2oc3ccccc3c(=O)c2[C@@H]1c1ccc(Cl)cc1. The fraction of sp³-hybridized carbons (Fsp3) is 0.304. The Morgan fingerprint density at radius 2 is 1.83 bits per heavy atom. The molecule has 1 aliphatic heterocycles. The van der Waals surface area contributed by atoms with Gasteiger partial charge >= 0.3 is 0 Å². The van der Waals surface area contributed by atoms with Gasteiger partial charge in [0.15, 0.2) is 5.43 Å². The summed E-state index contributed by atoms with van der Waals surface area (Å²) >= 11 is 6.05. The molecule has 0 saturated carbocycles. The highest BCUT2D eigenvalue weighted by atomic mass is 35.5. The Kier molecular flexibility index (Phi) is 5.43. The van der Waals surface area contributed by atoms with Crippen LogP contribution in [-0.2, 0) is 4.74 Å². The van der Waals surface area contributed by atoms with E-state index in [1.165, 1.54) is 0 Å². The number of amides is 1. The fourth-order valence-corrected chi connectivity index (χ4v) is 3.87. The minimum Gasteiger partial charge on any atom is -0.450 e. The molecular weight excluding hydrogens is 390 g/mol. The third-order valence-electron chi connectivity index (χ3n) is 5.05. The molecule has 0 N–H and O–H groups in total. The highest BCUT2D eigenvalue weighted by Gasteiger charge is 2.42. The number of carbonyl (C=O) groups is 1. The lowest BCUT2D eigenvalue weighted by molar-refractivity contribution is 0.0593. The topological polar surface area (TPSA) is 59.8 Å². The van der Waals surface area contributed by atoms with Crippen LogP contribution in [0.4, 0.5) is 0 Å². The third kappa shape index (κ3) is 3.68. The highest BCUT2D eigenvalue weighted by molar-refractivity contribution is 6.30. The van der Waals surface area contributed by atoms with Crippen LogP contribution in [0.2, 0.25) is 5.02 Å². The van der Waals surface area contributed by atoms with Crippen molar-refractivity contribution in [3.8, 4) is 0 Å². The van der Waals surface area contributed by atoms with Gasteiger partial charge in [-0.1, -0.05) is 35.9 Å². The van der Waals surface area contributed by atoms with Gasteiger partial charge in [0, 0.05) is 18.2 Å². The lowest BCUT2D eigenvalue weighted by Crippen LogP contribution is -2.31. The van der Waals surface area contributed by atoms with E-state index in [0.29, 0.717) is 41.1 Å². The summed E-state index contributed by atoms with van der Waals surface area (Å²) in [5, 5.41) is 1.07. The molecule has 0 aliphatic carbocycles. The fourth-order valence-electron chi connectivity index (χ4n) is 3.74. The second-order valence-electron chi connectivity index (χ2n) is 7.40. The normalized spacial score (nSPS) is 16.1. The van der Waals surface area contributed by atoms with Crippen molar-refractivity contribution in [3.63, 3.8) is 0 Å². The molecule has 0 bridgehead atoms. The number of carbonyl (C=O) groups excluding carboxylic acids is 1. The lowest BCUT2D eigenvalue weighted by atomic mass is 9.98. The molecule has 5 nitrogen and oxygen atoms in total. The van der Waals surface area contributed by atoms with E-state index in [2.05, 4.69) is 0 Å². The quantitative estimate of drug-likeness (QED) is 0.546. The van der Waals surface area contributed by atoms with Gasteiger partial charge in [-0.25, -0.2) is 0 Å². The van der Waals surface area contributed by atoms with E-state index in [1.54, 1.807) is 41.3 Å². The number of hydrogen-bond acceptors (Lipinski definition) is 4. The first-order valence-electron chi connectivity index (χ1n) is 9.71. The summed E-state index contributed by atoms with van der Waals surface area (Å²) in [6.07, 6.45) is 0.789. The molecule has 0 unspecified atom stereocenters. The molecule has 3 aromatic rings. The number of halogens is 1. The maximum absolute atomic E-state index is 13.3. The summed E-state index contributed by atoms with van der Waals surface area (Å²) in [4.78, 5) is 28.2. The number of hydrogen-bond donors (Lipinski definition) is 0. The lowest BCUT2D eigenvalue weighted by Gasteiger charge is -2.25. The van der Waals surface area contributed by atoms with Crippen molar-refractivity contribution in [2.45, 2.75) is 32.4 Å². The zero-order valence-electron chi connectivity index (χ0n) is 16.4. The smallest absolute Gasteiger partial charge is 0.290 e. The van der Waals surface area contributed by atoms with Crippen molar-refractivity contribution in [1.29, 1.82) is 0 Å². The molecular formula is C23H22ClNO4. The minimum atomic E-state index is -0.505. The summed E-state index contributed by atoms with van der Waals surface area (Å²) < 4.78 is 11.5. The largest absolute Gasteiger partial charge is 0.450 e. The Morgan fingerprint density at radius 3 is 2.55 bits per heavy atom. The molecule has 1 aliphatic rings. The Bertz CT molecular complexity index is 1100. The summed E-state index contributed by atoms with van der Waals surface area (Å²) in [6.45, 7) is 4.94. The van der Waals surface area contributed by atoms with Crippen molar-refractivity contribution in [2.24, 2.45) is 0 Å². The van der Waals surface area contributed by atoms with Gasteiger partial charge < -0.3 is 14.1 Å². The van der Waals surface area contributed by atoms with Crippen molar-refractivity contribution < 1.29 is 13.9 Å². The number of fused-ring (bicyclic) bond motifs is 2. The van der Waals surface area contributed by atoms with Crippen LogP contribution in [-0.4, -0.2) is 30.1 Å². The molecule has 29 heavy (non-hydrogen) atoms. The Hall–Kier alpha value is -2.63. The predicted molar refractivity (Wildman–Crippen MR) is 113 cm³/mol. The monoisotopic (exact) mass is 411 g/mol. The van der Waals surface area contributed by atoms with Crippen molar-refractivity contribution in [1.82, 2.24) is 4.90 Å². The Labute approximate surface area is 173 Å². The standard InChI is InChI=1S/C23H22ClNO4/c1-14(2)28-13-5-12-25-20(15-8-10-16(24)11-9-15)19-21(26)17-6-3-4-7-18(17)29-22(19)23(25)27/h3-4,6-11,14,20H,5,12-13H2,1-2H3/t20-/m0/s1. The van der Waals surface area contributed by atoms with Crippen LogP contribution in [0.5, 0.6) is 0 Å². The van der Waals surface area contributed by atoms with Gasteiger partial charge in [-0.15, -0.1) is 0 Å².